The molecule has 7 nitrogen and oxygen atoms in total. The fourth-order valence-electron chi connectivity index (χ4n) is 3.80. The summed E-state index contributed by atoms with van der Waals surface area (Å²) in [6.07, 6.45) is 1.68. The van der Waals surface area contributed by atoms with Crippen LogP contribution in [0.25, 0.3) is 16.7 Å². The van der Waals surface area contributed by atoms with Crippen LogP contribution in [0.2, 0.25) is 0 Å². The van der Waals surface area contributed by atoms with Crippen molar-refractivity contribution in [3.05, 3.63) is 70.3 Å². The molecule has 0 saturated carbocycles. The number of aryl methyl sites for hydroxylation is 2. The molecule has 0 saturated heterocycles. The van der Waals surface area contributed by atoms with E-state index < -0.39 is 0 Å². The van der Waals surface area contributed by atoms with Crippen LogP contribution >= 0.6 is 0 Å². The molecule has 0 unspecified atom stereocenters. The number of fused-ring (bicyclic) bond motifs is 2. The smallest absolute Gasteiger partial charge is 0.272 e. The van der Waals surface area contributed by atoms with Crippen LogP contribution in [0.1, 0.15) is 29.9 Å². The zero-order valence-electron chi connectivity index (χ0n) is 17.6. The second-order valence-electron chi connectivity index (χ2n) is 7.30. The van der Waals surface area contributed by atoms with Crippen molar-refractivity contribution in [2.75, 3.05) is 23.3 Å². The maximum Gasteiger partial charge on any atom is 0.272 e. The minimum atomic E-state index is -0.275. The van der Waals surface area contributed by atoms with Gasteiger partial charge in [0, 0.05) is 37.7 Å². The molecule has 1 amide bonds. The van der Waals surface area contributed by atoms with Gasteiger partial charge in [-0.15, -0.1) is 0 Å². The van der Waals surface area contributed by atoms with E-state index in [0.717, 1.165) is 30.0 Å². The number of amides is 1. The van der Waals surface area contributed by atoms with Crippen LogP contribution in [0.5, 0.6) is 0 Å². The predicted octanol–water partition coefficient (Wildman–Crippen LogP) is 3.59. The lowest BCUT2D eigenvalue weighted by atomic mass is 10.1. The van der Waals surface area contributed by atoms with E-state index in [9.17, 15) is 9.59 Å². The molecular weight excluding hydrogens is 378 g/mol. The van der Waals surface area contributed by atoms with Crippen LogP contribution in [0.3, 0.4) is 0 Å². The van der Waals surface area contributed by atoms with Crippen molar-refractivity contribution in [1.29, 1.82) is 0 Å². The van der Waals surface area contributed by atoms with Crippen molar-refractivity contribution in [3.63, 3.8) is 0 Å². The maximum atomic E-state index is 13.0. The molecule has 0 spiro atoms. The molecule has 0 fully saturated rings. The number of rotatable bonds is 5. The number of nitrogens with one attached hydrogen (secondary N) is 1. The Balaban J connectivity index is 1.70. The summed E-state index contributed by atoms with van der Waals surface area (Å²) in [6.45, 7) is 8.07. The first-order chi connectivity index (χ1) is 14.4. The van der Waals surface area contributed by atoms with Crippen molar-refractivity contribution >= 4 is 34.0 Å². The molecule has 4 aromatic rings. The van der Waals surface area contributed by atoms with Gasteiger partial charge >= 0.3 is 0 Å². The van der Waals surface area contributed by atoms with Crippen molar-refractivity contribution in [3.8, 4) is 0 Å². The standard InChI is InChI=1S/C23H25N5O2/c1-5-27(6-2)16-10-11-18(15(3)13-16)24-22(29)19-14-17-21(26(19)4)25-20-9-7-8-12-28(20)23(17)30/h7-14H,5-6H2,1-4H3,(H,24,29). The van der Waals surface area contributed by atoms with Gasteiger partial charge in [0.25, 0.3) is 11.5 Å². The molecule has 3 heterocycles. The highest BCUT2D eigenvalue weighted by Gasteiger charge is 2.18. The third-order valence-electron chi connectivity index (χ3n) is 5.53. The summed E-state index contributed by atoms with van der Waals surface area (Å²) < 4.78 is 3.15. The van der Waals surface area contributed by atoms with Crippen LogP contribution < -0.4 is 15.8 Å². The highest BCUT2D eigenvalue weighted by atomic mass is 16.2. The highest BCUT2D eigenvalue weighted by molar-refractivity contribution is 6.06. The number of nitrogens with zero attached hydrogens (tertiary/aromatic N) is 4. The van der Waals surface area contributed by atoms with E-state index in [0.29, 0.717) is 22.4 Å². The van der Waals surface area contributed by atoms with Gasteiger partial charge in [-0.3, -0.25) is 14.0 Å². The summed E-state index contributed by atoms with van der Waals surface area (Å²) in [5.41, 5.74) is 4.09. The van der Waals surface area contributed by atoms with E-state index in [-0.39, 0.29) is 11.5 Å². The van der Waals surface area contributed by atoms with Gasteiger partial charge in [-0.1, -0.05) is 6.07 Å². The van der Waals surface area contributed by atoms with E-state index in [1.165, 1.54) is 4.40 Å². The van der Waals surface area contributed by atoms with Gasteiger partial charge in [0.15, 0.2) is 0 Å². The van der Waals surface area contributed by atoms with Gasteiger partial charge in [0.1, 0.15) is 17.0 Å². The lowest BCUT2D eigenvalue weighted by Gasteiger charge is -2.22. The minimum absolute atomic E-state index is 0.190. The van der Waals surface area contributed by atoms with Crippen molar-refractivity contribution in [2.45, 2.75) is 20.8 Å². The first-order valence-corrected chi connectivity index (χ1v) is 10.1. The van der Waals surface area contributed by atoms with Gasteiger partial charge in [0.05, 0.1) is 5.39 Å². The Bertz CT molecular complexity index is 1310. The fraction of sp³-hybridized carbons (Fsp3) is 0.261. The second kappa shape index (κ2) is 7.67. The number of hydrogen-bond acceptors (Lipinski definition) is 4. The Kier molecular flexibility index (Phi) is 5.03. The molecule has 0 radical (unpaired) electrons. The monoisotopic (exact) mass is 403 g/mol. The van der Waals surface area contributed by atoms with E-state index in [4.69, 9.17) is 0 Å². The average Bonchev–Trinajstić information content (AvgIpc) is 3.08. The lowest BCUT2D eigenvalue weighted by Crippen LogP contribution is -2.22. The summed E-state index contributed by atoms with van der Waals surface area (Å²) in [5, 5.41) is 3.39. The molecular formula is C23H25N5O2. The number of pyridine rings is 1. The molecule has 7 heteroatoms. The largest absolute Gasteiger partial charge is 0.372 e. The molecule has 1 aromatic carbocycles. The Morgan fingerprint density at radius 3 is 2.60 bits per heavy atom. The molecule has 4 rings (SSSR count). The Morgan fingerprint density at radius 1 is 1.13 bits per heavy atom. The van der Waals surface area contributed by atoms with E-state index >= 15 is 0 Å². The third kappa shape index (κ3) is 3.22. The zero-order chi connectivity index (χ0) is 21.4. The normalized spacial score (nSPS) is 11.2. The number of aromatic nitrogens is 3. The fourth-order valence-corrected chi connectivity index (χ4v) is 3.80. The third-order valence-corrected chi connectivity index (χ3v) is 5.53. The van der Waals surface area contributed by atoms with Crippen LogP contribution in [0, 0.1) is 6.92 Å². The topological polar surface area (TPSA) is 71.6 Å². The quantitative estimate of drug-likeness (QED) is 0.553. The Hall–Kier alpha value is -3.61. The van der Waals surface area contributed by atoms with Gasteiger partial charge in [-0.05, 0) is 62.7 Å². The van der Waals surface area contributed by atoms with E-state index in [1.54, 1.807) is 36.0 Å². The molecule has 0 aliphatic heterocycles. The van der Waals surface area contributed by atoms with Crippen molar-refractivity contribution in [1.82, 2.24) is 14.0 Å². The summed E-state index contributed by atoms with van der Waals surface area (Å²) in [4.78, 5) is 32.6. The predicted molar refractivity (Wildman–Crippen MR) is 121 cm³/mol. The summed E-state index contributed by atoms with van der Waals surface area (Å²) in [6, 6.07) is 13.0. The molecule has 0 atom stereocenters. The minimum Gasteiger partial charge on any atom is -0.372 e. The molecule has 30 heavy (non-hydrogen) atoms. The lowest BCUT2D eigenvalue weighted by molar-refractivity contribution is 0.101. The highest BCUT2D eigenvalue weighted by Crippen LogP contribution is 2.24. The SMILES string of the molecule is CCN(CC)c1ccc(NC(=O)c2cc3c(=O)n4ccccc4nc3n2C)c(C)c1. The van der Waals surface area contributed by atoms with E-state index in [2.05, 4.69) is 35.1 Å². The van der Waals surface area contributed by atoms with Crippen LogP contribution in [-0.4, -0.2) is 32.9 Å². The number of benzene rings is 1. The summed E-state index contributed by atoms with van der Waals surface area (Å²) in [5.74, 6) is -0.275. The number of hydrogen-bond donors (Lipinski definition) is 1. The van der Waals surface area contributed by atoms with Crippen LogP contribution in [0.15, 0.2) is 53.5 Å². The summed E-state index contributed by atoms with van der Waals surface area (Å²) in [7, 11) is 1.75. The molecule has 0 aliphatic carbocycles. The van der Waals surface area contributed by atoms with Crippen LogP contribution in [-0.2, 0) is 7.05 Å². The molecule has 0 bridgehead atoms. The number of anilines is 2. The Labute approximate surface area is 174 Å². The maximum absolute atomic E-state index is 13.0. The number of carbonyl (C=O) groups is 1. The number of carbonyl (C=O) groups excluding carboxylic acids is 1. The van der Waals surface area contributed by atoms with Gasteiger partial charge in [-0.25, -0.2) is 4.98 Å². The van der Waals surface area contributed by atoms with Gasteiger partial charge < -0.3 is 14.8 Å². The van der Waals surface area contributed by atoms with Gasteiger partial charge in [-0.2, -0.15) is 0 Å². The molecule has 0 aliphatic rings. The zero-order valence-corrected chi connectivity index (χ0v) is 17.6. The average molecular weight is 403 g/mol. The second-order valence-corrected chi connectivity index (χ2v) is 7.30. The molecule has 3 aromatic heterocycles. The van der Waals surface area contributed by atoms with Crippen molar-refractivity contribution in [2.24, 2.45) is 7.05 Å². The molecule has 1 N–H and O–H groups in total. The Morgan fingerprint density at radius 2 is 1.90 bits per heavy atom. The van der Waals surface area contributed by atoms with Crippen LogP contribution in [0.4, 0.5) is 11.4 Å². The summed E-state index contributed by atoms with van der Waals surface area (Å²) >= 11 is 0. The van der Waals surface area contributed by atoms with E-state index in [1.807, 2.05) is 25.1 Å². The first-order valence-electron chi connectivity index (χ1n) is 10.1. The van der Waals surface area contributed by atoms with Gasteiger partial charge in [0.2, 0.25) is 0 Å². The van der Waals surface area contributed by atoms with Crippen molar-refractivity contribution < 1.29 is 4.79 Å². The molecule has 154 valence electrons. The first kappa shape index (κ1) is 19.7.